The molecule has 0 radical (unpaired) electrons. The van der Waals surface area contributed by atoms with E-state index in [4.69, 9.17) is 21.1 Å². The minimum absolute atomic E-state index is 0.0298. The monoisotopic (exact) mass is 417 g/mol. The molecule has 1 fully saturated rings. The van der Waals surface area contributed by atoms with Crippen LogP contribution in [0.15, 0.2) is 52.7 Å². The number of hydrogen-bond donors (Lipinski definition) is 0. The largest absolute Gasteiger partial charge is 0.493 e. The Morgan fingerprint density at radius 1 is 1.18 bits per heavy atom. The molecule has 1 heterocycles. The predicted molar refractivity (Wildman–Crippen MR) is 114 cm³/mol. The highest BCUT2D eigenvalue weighted by Crippen LogP contribution is 2.28. The minimum Gasteiger partial charge on any atom is -0.493 e. The standard InChI is InChI=1S/C20H20ClN3O3S/c1-26-17-7-6-14(11-18(17)27-2)8-9-24-19(25)13-28-20(24)23-22-12-15-4-3-5-16(21)10-15/h3-7,10-12H,8-9,13H2,1-2H3/b22-12+,23-20+. The van der Waals surface area contributed by atoms with E-state index in [1.807, 2.05) is 30.3 Å². The zero-order valence-electron chi connectivity index (χ0n) is 15.6. The van der Waals surface area contributed by atoms with Gasteiger partial charge in [0.25, 0.3) is 0 Å². The van der Waals surface area contributed by atoms with Gasteiger partial charge in [-0.2, -0.15) is 5.10 Å². The highest BCUT2D eigenvalue weighted by atomic mass is 35.5. The third kappa shape index (κ3) is 5.05. The average molecular weight is 418 g/mol. The molecule has 146 valence electrons. The lowest BCUT2D eigenvalue weighted by Gasteiger charge is -2.15. The normalized spacial score (nSPS) is 15.6. The third-order valence-corrected chi connectivity index (χ3v) is 5.31. The molecule has 2 aromatic carbocycles. The molecule has 1 aliphatic heterocycles. The first-order valence-electron chi connectivity index (χ1n) is 8.61. The van der Waals surface area contributed by atoms with Gasteiger partial charge >= 0.3 is 0 Å². The molecule has 2 aromatic rings. The van der Waals surface area contributed by atoms with E-state index < -0.39 is 0 Å². The van der Waals surface area contributed by atoms with Gasteiger partial charge < -0.3 is 9.47 Å². The summed E-state index contributed by atoms with van der Waals surface area (Å²) in [6.07, 6.45) is 2.29. The van der Waals surface area contributed by atoms with Gasteiger partial charge in [0.1, 0.15) is 0 Å². The van der Waals surface area contributed by atoms with E-state index in [9.17, 15) is 4.79 Å². The second kappa shape index (κ2) is 9.61. The van der Waals surface area contributed by atoms with Gasteiger partial charge in [-0.25, -0.2) is 0 Å². The van der Waals surface area contributed by atoms with E-state index in [1.165, 1.54) is 11.8 Å². The summed E-state index contributed by atoms with van der Waals surface area (Å²) in [5.74, 6) is 1.75. The van der Waals surface area contributed by atoms with E-state index in [0.717, 1.165) is 11.1 Å². The van der Waals surface area contributed by atoms with E-state index >= 15 is 0 Å². The Kier molecular flexibility index (Phi) is 6.95. The van der Waals surface area contributed by atoms with Gasteiger partial charge in [0.05, 0.1) is 26.2 Å². The second-order valence-electron chi connectivity index (χ2n) is 5.96. The summed E-state index contributed by atoms with van der Waals surface area (Å²) in [6.45, 7) is 0.521. The van der Waals surface area contributed by atoms with Crippen molar-refractivity contribution in [1.29, 1.82) is 0 Å². The van der Waals surface area contributed by atoms with Crippen LogP contribution in [0.1, 0.15) is 11.1 Å². The summed E-state index contributed by atoms with van der Waals surface area (Å²) < 4.78 is 10.6. The van der Waals surface area contributed by atoms with E-state index in [1.54, 1.807) is 37.5 Å². The lowest BCUT2D eigenvalue weighted by atomic mass is 10.1. The molecule has 1 amide bonds. The molecule has 3 rings (SSSR count). The lowest BCUT2D eigenvalue weighted by molar-refractivity contribution is -0.124. The molecule has 0 atom stereocenters. The van der Waals surface area contributed by atoms with Crippen LogP contribution in [0, 0.1) is 0 Å². The first-order chi connectivity index (χ1) is 13.6. The van der Waals surface area contributed by atoms with Crippen LogP contribution in [0.3, 0.4) is 0 Å². The summed E-state index contributed by atoms with van der Waals surface area (Å²) >= 11 is 7.35. The Hall–Kier alpha value is -2.51. The molecule has 0 saturated carbocycles. The van der Waals surface area contributed by atoms with Gasteiger partial charge in [0.2, 0.25) is 5.91 Å². The van der Waals surface area contributed by atoms with Crippen LogP contribution < -0.4 is 9.47 Å². The van der Waals surface area contributed by atoms with Crippen LogP contribution in [-0.4, -0.2) is 48.7 Å². The maximum Gasteiger partial charge on any atom is 0.239 e. The van der Waals surface area contributed by atoms with Crippen LogP contribution in [0.4, 0.5) is 0 Å². The number of benzene rings is 2. The number of rotatable bonds is 7. The smallest absolute Gasteiger partial charge is 0.239 e. The maximum absolute atomic E-state index is 12.2. The Morgan fingerprint density at radius 2 is 2.00 bits per heavy atom. The average Bonchev–Trinajstić information content (AvgIpc) is 3.05. The fourth-order valence-corrected chi connectivity index (χ4v) is 3.76. The highest BCUT2D eigenvalue weighted by molar-refractivity contribution is 8.15. The quantitative estimate of drug-likeness (QED) is 0.506. The van der Waals surface area contributed by atoms with Gasteiger partial charge in [-0.3, -0.25) is 9.69 Å². The highest BCUT2D eigenvalue weighted by Gasteiger charge is 2.28. The zero-order chi connectivity index (χ0) is 19.9. The second-order valence-corrected chi connectivity index (χ2v) is 7.33. The summed E-state index contributed by atoms with van der Waals surface area (Å²) in [7, 11) is 3.20. The maximum atomic E-state index is 12.2. The van der Waals surface area contributed by atoms with Crippen molar-refractivity contribution in [2.24, 2.45) is 10.2 Å². The molecule has 8 heteroatoms. The van der Waals surface area contributed by atoms with Crippen molar-refractivity contribution >= 4 is 40.7 Å². The fraction of sp³-hybridized carbons (Fsp3) is 0.250. The molecule has 6 nitrogen and oxygen atoms in total. The zero-order valence-corrected chi connectivity index (χ0v) is 17.2. The Bertz CT molecular complexity index is 917. The summed E-state index contributed by atoms with van der Waals surface area (Å²) in [5, 5.41) is 9.57. The molecule has 0 N–H and O–H groups in total. The molecule has 28 heavy (non-hydrogen) atoms. The minimum atomic E-state index is 0.0298. The van der Waals surface area contributed by atoms with Crippen LogP contribution in [0.2, 0.25) is 5.02 Å². The van der Waals surface area contributed by atoms with Crippen molar-refractivity contribution in [3.05, 3.63) is 58.6 Å². The third-order valence-electron chi connectivity index (χ3n) is 4.13. The lowest BCUT2D eigenvalue weighted by Crippen LogP contribution is -2.31. The molecule has 0 aliphatic carbocycles. The molecule has 1 saturated heterocycles. The van der Waals surface area contributed by atoms with Crippen LogP contribution in [0.5, 0.6) is 11.5 Å². The number of halogens is 1. The van der Waals surface area contributed by atoms with Crippen LogP contribution in [-0.2, 0) is 11.2 Å². The topological polar surface area (TPSA) is 63.5 Å². The number of carbonyl (C=O) groups is 1. The van der Waals surface area contributed by atoms with Gasteiger partial charge in [0.15, 0.2) is 16.7 Å². The van der Waals surface area contributed by atoms with Crippen molar-refractivity contribution in [1.82, 2.24) is 4.90 Å². The van der Waals surface area contributed by atoms with Crippen LogP contribution >= 0.6 is 23.4 Å². The summed E-state index contributed by atoms with van der Waals surface area (Å²) in [5.41, 5.74) is 1.90. The molecular formula is C20H20ClN3O3S. The van der Waals surface area contributed by atoms with Crippen molar-refractivity contribution in [2.45, 2.75) is 6.42 Å². The van der Waals surface area contributed by atoms with Crippen molar-refractivity contribution in [3.63, 3.8) is 0 Å². The summed E-state index contributed by atoms with van der Waals surface area (Å²) in [4.78, 5) is 13.9. The summed E-state index contributed by atoms with van der Waals surface area (Å²) in [6, 6.07) is 13.1. The fourth-order valence-electron chi connectivity index (χ4n) is 2.70. The van der Waals surface area contributed by atoms with Gasteiger partial charge in [-0.15, -0.1) is 5.10 Å². The number of thioether (sulfide) groups is 1. The predicted octanol–water partition coefficient (Wildman–Crippen LogP) is 3.87. The molecule has 1 aliphatic rings. The molecule has 0 spiro atoms. The number of methoxy groups -OCH3 is 2. The van der Waals surface area contributed by atoms with Crippen molar-refractivity contribution in [2.75, 3.05) is 26.5 Å². The van der Waals surface area contributed by atoms with Crippen LogP contribution in [0.25, 0.3) is 0 Å². The SMILES string of the molecule is COc1ccc(CCN2C(=O)CS/C2=N/N=C/c2cccc(Cl)c2)cc1OC. The molecular weight excluding hydrogens is 398 g/mol. The van der Waals surface area contributed by atoms with E-state index in [2.05, 4.69) is 10.2 Å². The van der Waals surface area contributed by atoms with Gasteiger partial charge in [-0.1, -0.05) is 41.6 Å². The number of ether oxygens (including phenoxy) is 2. The Balaban J connectivity index is 1.67. The molecule has 0 unspecified atom stereocenters. The Labute approximate surface area is 173 Å². The van der Waals surface area contributed by atoms with Crippen molar-refractivity contribution < 1.29 is 14.3 Å². The van der Waals surface area contributed by atoms with E-state index in [-0.39, 0.29) is 5.91 Å². The van der Waals surface area contributed by atoms with Gasteiger partial charge in [-0.05, 0) is 41.8 Å². The Morgan fingerprint density at radius 3 is 2.75 bits per heavy atom. The first-order valence-corrected chi connectivity index (χ1v) is 9.97. The number of carbonyl (C=O) groups excluding carboxylic acids is 1. The number of nitrogens with zero attached hydrogens (tertiary/aromatic N) is 3. The molecule has 0 aromatic heterocycles. The molecule has 0 bridgehead atoms. The number of amides is 1. The van der Waals surface area contributed by atoms with Gasteiger partial charge in [0, 0.05) is 11.6 Å². The first kappa shape index (κ1) is 20.2. The number of hydrogen-bond acceptors (Lipinski definition) is 6. The number of amidine groups is 1. The van der Waals surface area contributed by atoms with Crippen molar-refractivity contribution in [3.8, 4) is 11.5 Å². The van der Waals surface area contributed by atoms with E-state index in [0.29, 0.717) is 40.4 Å².